The van der Waals surface area contributed by atoms with Gasteiger partial charge in [0.25, 0.3) is 0 Å². The van der Waals surface area contributed by atoms with Crippen molar-refractivity contribution in [2.24, 2.45) is 0 Å². The first kappa shape index (κ1) is 122. The van der Waals surface area contributed by atoms with Crippen LogP contribution in [-0.2, 0) is 0 Å². The molecular weight excluding hydrogens is 154 g/mol. The summed E-state index contributed by atoms with van der Waals surface area (Å²) in [5.41, 5.74) is 0. The summed E-state index contributed by atoms with van der Waals surface area (Å²) in [6, 6.07) is 0. The molecule has 0 spiro atoms. The fourth-order valence-electron chi connectivity index (χ4n) is 0. The van der Waals surface area contributed by atoms with Crippen molar-refractivity contribution in [1.82, 2.24) is 0 Å². The molecule has 0 aromatic rings. The molecule has 0 saturated heterocycles. The van der Waals surface area contributed by atoms with Gasteiger partial charge in [0.1, 0.15) is 0 Å². The van der Waals surface area contributed by atoms with Crippen LogP contribution in [0.1, 0.15) is 0 Å². The Labute approximate surface area is 57.4 Å². The molecule has 0 heterocycles. The van der Waals surface area contributed by atoms with Gasteiger partial charge in [0.15, 0.2) is 0 Å². The van der Waals surface area contributed by atoms with Crippen LogP contribution < -0.4 is 0 Å². The zero-order chi connectivity index (χ0) is 0. The Morgan fingerprint density at radius 3 is 0.400 bits per heavy atom. The lowest BCUT2D eigenvalue weighted by Gasteiger charge is -0.148. The lowest BCUT2D eigenvalue weighted by Crippen LogP contribution is 0.0813. The quantitative estimate of drug-likeness (QED) is 0.508. The molecule has 0 aromatic heterocycles. The highest BCUT2D eigenvalue weighted by Crippen LogP contribution is 0.693. The molecule has 38 valence electrons. The predicted molar refractivity (Wildman–Crippen MR) is 34.3 cm³/mol. The lowest BCUT2D eigenvalue weighted by atomic mass is 12.0. The van der Waals surface area contributed by atoms with Gasteiger partial charge in [0.2, 0.25) is 0 Å². The zero-order valence-corrected chi connectivity index (χ0v) is 5.61. The molecule has 0 aromatic carbocycles. The molecule has 0 aliphatic carbocycles. The van der Waals surface area contributed by atoms with Crippen molar-refractivity contribution in [3.8, 4) is 0 Å². The summed E-state index contributed by atoms with van der Waals surface area (Å²) in [4.78, 5) is 0. The topological polar surface area (TPSA) is 0 Å². The van der Waals surface area contributed by atoms with Crippen molar-refractivity contribution < 1.29 is 0 Å². The fraction of sp³-hybridized carbons (Fsp3) is 0. The molecule has 0 atom stereocenters. The summed E-state index contributed by atoms with van der Waals surface area (Å²) >= 11 is 0. The smallest absolute Gasteiger partial charge is 0.0533 e. The van der Waals surface area contributed by atoms with E-state index >= 15 is 0 Å². The standard InChI is InChI=1S/CH2.4ClH/h1H2;4*1H. The van der Waals surface area contributed by atoms with Crippen LogP contribution in [0, 0.1) is 7.43 Å². The van der Waals surface area contributed by atoms with Crippen LogP contribution in [-0.4, -0.2) is 0 Å². The van der Waals surface area contributed by atoms with Gasteiger partial charge in [-0.3, -0.25) is 0 Å². The average Bonchev–Trinajstić information content (AvgIpc) is 0. The molecule has 0 nitrogen and oxygen atoms in total. The number of hydrogen-bond acceptors (Lipinski definition) is 0. The van der Waals surface area contributed by atoms with Gasteiger partial charge in [0.05, 0.1) is 0 Å². The summed E-state index contributed by atoms with van der Waals surface area (Å²) in [6.45, 7) is 0. The van der Waals surface area contributed by atoms with Gasteiger partial charge < -0.3 is 0 Å². The lowest BCUT2D eigenvalue weighted by molar-refractivity contribution is 3.24. The third-order valence-electron chi connectivity index (χ3n) is 0. The van der Waals surface area contributed by atoms with Gasteiger partial charge in [-0.25, -0.2) is 0 Å². The van der Waals surface area contributed by atoms with Crippen LogP contribution in [0.2, 0.25) is 0 Å². The third kappa shape index (κ3) is 38.3. The molecular formula is CH6Cl4. The fourth-order valence-corrected chi connectivity index (χ4v) is 0. The first-order valence-electron chi connectivity index (χ1n) is 0. The van der Waals surface area contributed by atoms with Crippen molar-refractivity contribution in [3.63, 3.8) is 0 Å². The zero-order valence-electron chi connectivity index (χ0n) is 2.34. The molecule has 0 unspecified atom stereocenters. The highest BCUT2D eigenvalue weighted by atomic mass is 35.5. The summed E-state index contributed by atoms with van der Waals surface area (Å²) in [5, 5.41) is 0. The van der Waals surface area contributed by atoms with Crippen molar-refractivity contribution in [2.45, 2.75) is 0 Å². The second-order valence-corrected chi connectivity index (χ2v) is 0. The van der Waals surface area contributed by atoms with Crippen molar-refractivity contribution >= 4 is 49.6 Å². The molecule has 0 aliphatic rings. The number of halogens is 4. The molecule has 0 aliphatic heterocycles. The summed E-state index contributed by atoms with van der Waals surface area (Å²) in [6.07, 6.45) is 0. The van der Waals surface area contributed by atoms with Crippen LogP contribution in [0.3, 0.4) is 0 Å². The highest BCUT2D eigenvalue weighted by Gasteiger charge is -0.0533. The Balaban J connectivity index is 0. The van der Waals surface area contributed by atoms with E-state index in [1.165, 1.54) is 0 Å². The summed E-state index contributed by atoms with van der Waals surface area (Å²) in [7, 11) is 0. The number of hydrogen-bond donors (Lipinski definition) is 0. The second kappa shape index (κ2) is 66.4. The van der Waals surface area contributed by atoms with E-state index in [9.17, 15) is 0 Å². The Morgan fingerprint density at radius 2 is 0.400 bits per heavy atom. The van der Waals surface area contributed by atoms with Gasteiger partial charge in [-0.05, 0) is 0 Å². The van der Waals surface area contributed by atoms with Crippen LogP contribution in [0.4, 0.5) is 0 Å². The predicted octanol–water partition coefficient (Wildman–Crippen LogP) is 2.01. The molecule has 0 amide bonds. The van der Waals surface area contributed by atoms with Gasteiger partial charge >= 0.3 is 0 Å². The molecule has 0 N–H and O–H groups in total. The largest absolute Gasteiger partial charge is 0.147 e. The molecule has 0 fully saturated rings. The van der Waals surface area contributed by atoms with E-state index in [4.69, 9.17) is 0 Å². The van der Waals surface area contributed by atoms with Crippen LogP contribution in [0.15, 0.2) is 0 Å². The third-order valence-corrected chi connectivity index (χ3v) is 0. The van der Waals surface area contributed by atoms with E-state index in [-0.39, 0.29) is 57.1 Å². The molecule has 0 saturated carbocycles. The maximum atomic E-state index is 0. The summed E-state index contributed by atoms with van der Waals surface area (Å²) < 4.78 is 0. The van der Waals surface area contributed by atoms with Crippen molar-refractivity contribution in [3.05, 3.63) is 7.43 Å². The van der Waals surface area contributed by atoms with Crippen molar-refractivity contribution in [1.29, 1.82) is 0 Å². The normalized spacial score (nSPS) is 0. The van der Waals surface area contributed by atoms with E-state index in [0.717, 1.165) is 0 Å². The van der Waals surface area contributed by atoms with Gasteiger partial charge in [-0.1, -0.05) is 7.43 Å². The Hall–Kier alpha value is 1.16. The van der Waals surface area contributed by atoms with Crippen LogP contribution >= 0.6 is 49.6 Å². The monoisotopic (exact) mass is 158 g/mol. The van der Waals surface area contributed by atoms with Crippen LogP contribution in [0.5, 0.6) is 0 Å². The molecule has 4 heteroatoms. The first-order valence-corrected chi connectivity index (χ1v) is 0. The van der Waals surface area contributed by atoms with Gasteiger partial charge in [-0.2, -0.15) is 0 Å². The SMILES string of the molecule is Cl.Cl.Cl.Cl.[CH2]. The van der Waals surface area contributed by atoms with Crippen LogP contribution in [0.25, 0.3) is 0 Å². The van der Waals surface area contributed by atoms with E-state index in [1.54, 1.807) is 0 Å². The van der Waals surface area contributed by atoms with E-state index in [2.05, 4.69) is 0 Å². The first-order chi connectivity index (χ1) is 0. The summed E-state index contributed by atoms with van der Waals surface area (Å²) in [5.74, 6) is 0. The molecule has 0 bridgehead atoms. The minimum absolute atomic E-state index is 0. The Morgan fingerprint density at radius 1 is 0.400 bits per heavy atom. The maximum Gasteiger partial charge on any atom is -0.0533 e. The molecule has 0 rings (SSSR count). The molecule has 5 heavy (non-hydrogen) atoms. The van der Waals surface area contributed by atoms with E-state index < -0.39 is 0 Å². The second-order valence-electron chi connectivity index (χ2n) is 0. The Bertz CT molecular complexity index is 3.61. The highest BCUT2D eigenvalue weighted by molar-refractivity contribution is 5.86. The minimum Gasteiger partial charge on any atom is -0.147 e. The van der Waals surface area contributed by atoms with E-state index in [1.807, 2.05) is 0 Å². The minimum atomic E-state index is 0. The Kier molecular flexibility index (Phi) is 1620. The van der Waals surface area contributed by atoms with Gasteiger partial charge in [0, 0.05) is 0 Å². The average molecular weight is 160 g/mol. The number of rotatable bonds is 0. The maximum absolute atomic E-state index is 0. The van der Waals surface area contributed by atoms with E-state index in [0.29, 0.717) is 0 Å². The van der Waals surface area contributed by atoms with Gasteiger partial charge in [-0.15, -0.1) is 49.6 Å². The molecule has 2 radical (unpaired) electrons. The van der Waals surface area contributed by atoms with Crippen molar-refractivity contribution in [2.75, 3.05) is 0 Å².